The van der Waals surface area contributed by atoms with Crippen molar-refractivity contribution in [1.29, 1.82) is 0 Å². The summed E-state index contributed by atoms with van der Waals surface area (Å²) >= 11 is 0. The van der Waals surface area contributed by atoms with E-state index in [1.54, 1.807) is 0 Å². The largest absolute Gasteiger partial charge is 0.469 e. The van der Waals surface area contributed by atoms with Gasteiger partial charge in [-0.05, 0) is 31.6 Å². The van der Waals surface area contributed by atoms with Crippen molar-refractivity contribution in [2.75, 3.05) is 7.11 Å². The number of hydrogen-bond acceptors (Lipinski definition) is 4. The van der Waals surface area contributed by atoms with Crippen LogP contribution in [0.4, 0.5) is 0 Å². The van der Waals surface area contributed by atoms with E-state index >= 15 is 0 Å². The summed E-state index contributed by atoms with van der Waals surface area (Å²) in [5.74, 6) is 0.459. The molecule has 1 N–H and O–H groups in total. The topological polar surface area (TPSA) is 63.6 Å². The van der Waals surface area contributed by atoms with E-state index in [-0.39, 0.29) is 17.8 Å². The number of allylic oxidation sites excluding steroid dienone is 1. The maximum absolute atomic E-state index is 12.0. The molecule has 4 nitrogen and oxygen atoms in total. The Labute approximate surface area is 140 Å². The quantitative estimate of drug-likeness (QED) is 0.356. The minimum Gasteiger partial charge on any atom is -0.469 e. The number of Topliss-reactive ketones (excluding diaryl/α,β-unsaturated/α-hetero) is 1. The highest BCUT2D eigenvalue weighted by Gasteiger charge is 2.32. The molecule has 1 fully saturated rings. The Bertz CT molecular complexity index is 389. The molecule has 132 valence electrons. The summed E-state index contributed by atoms with van der Waals surface area (Å²) in [4.78, 5) is 23.1. The molecule has 0 aromatic heterocycles. The van der Waals surface area contributed by atoms with Crippen molar-refractivity contribution in [3.05, 3.63) is 12.2 Å². The van der Waals surface area contributed by atoms with Crippen LogP contribution < -0.4 is 0 Å². The molecule has 0 saturated heterocycles. The normalized spacial score (nSPS) is 22.7. The first kappa shape index (κ1) is 19.9. The molecule has 0 aromatic rings. The first-order valence-electron chi connectivity index (χ1n) is 9.04. The lowest BCUT2D eigenvalue weighted by molar-refractivity contribution is -0.140. The number of methoxy groups -OCH3 is 1. The fourth-order valence-corrected chi connectivity index (χ4v) is 3.25. The van der Waals surface area contributed by atoms with E-state index in [1.807, 2.05) is 12.2 Å². The van der Waals surface area contributed by atoms with Crippen molar-refractivity contribution < 1.29 is 19.4 Å². The molecule has 0 aliphatic heterocycles. The number of aliphatic hydroxyl groups excluding tert-OH is 1. The Hall–Kier alpha value is -1.16. The molecule has 1 unspecified atom stereocenters. The molecule has 0 aromatic carbocycles. The average molecular weight is 324 g/mol. The summed E-state index contributed by atoms with van der Waals surface area (Å²) < 4.78 is 4.62. The lowest BCUT2D eigenvalue weighted by atomic mass is 9.89. The fourth-order valence-electron chi connectivity index (χ4n) is 3.25. The Morgan fingerprint density at radius 3 is 2.83 bits per heavy atom. The van der Waals surface area contributed by atoms with Crippen molar-refractivity contribution in [3.63, 3.8) is 0 Å². The van der Waals surface area contributed by atoms with Gasteiger partial charge in [0.25, 0.3) is 0 Å². The third kappa shape index (κ3) is 7.78. The molecule has 0 bridgehead atoms. The molecule has 4 heteroatoms. The van der Waals surface area contributed by atoms with E-state index in [9.17, 15) is 14.7 Å². The summed E-state index contributed by atoms with van der Waals surface area (Å²) in [6.07, 6.45) is 12.1. The molecule has 1 aliphatic rings. The van der Waals surface area contributed by atoms with Crippen LogP contribution in [0, 0.1) is 11.8 Å². The van der Waals surface area contributed by atoms with Crippen LogP contribution >= 0.6 is 0 Å². The van der Waals surface area contributed by atoms with E-state index in [1.165, 1.54) is 7.11 Å². The SMILES string of the molecule is CCCCCC(O)/C=C/[C@H]1CCC(=O)[C@H]1CCCCC(=O)OC. The highest BCUT2D eigenvalue weighted by atomic mass is 16.5. The number of rotatable bonds is 11. The van der Waals surface area contributed by atoms with Gasteiger partial charge in [0.1, 0.15) is 5.78 Å². The zero-order valence-electron chi connectivity index (χ0n) is 14.6. The van der Waals surface area contributed by atoms with Crippen LogP contribution in [0.15, 0.2) is 12.2 Å². The molecule has 0 spiro atoms. The number of ketones is 1. The van der Waals surface area contributed by atoms with Gasteiger partial charge in [-0.3, -0.25) is 9.59 Å². The Morgan fingerprint density at radius 1 is 1.35 bits per heavy atom. The van der Waals surface area contributed by atoms with Crippen molar-refractivity contribution in [2.45, 2.75) is 77.2 Å². The third-order valence-electron chi connectivity index (χ3n) is 4.71. The maximum atomic E-state index is 12.0. The fraction of sp³-hybridized carbons (Fsp3) is 0.789. The molecule has 1 aliphatic carbocycles. The highest BCUT2D eigenvalue weighted by molar-refractivity contribution is 5.83. The summed E-state index contributed by atoms with van der Waals surface area (Å²) in [6.45, 7) is 2.15. The zero-order chi connectivity index (χ0) is 17.1. The number of esters is 1. The second-order valence-corrected chi connectivity index (χ2v) is 6.55. The van der Waals surface area contributed by atoms with Gasteiger partial charge in [0.05, 0.1) is 13.2 Å². The van der Waals surface area contributed by atoms with Crippen molar-refractivity contribution in [1.82, 2.24) is 0 Å². The van der Waals surface area contributed by atoms with E-state index in [2.05, 4.69) is 11.7 Å². The van der Waals surface area contributed by atoms with Gasteiger partial charge in [0, 0.05) is 18.8 Å². The zero-order valence-corrected chi connectivity index (χ0v) is 14.6. The first-order chi connectivity index (χ1) is 11.1. The van der Waals surface area contributed by atoms with Gasteiger partial charge < -0.3 is 9.84 Å². The van der Waals surface area contributed by atoms with Gasteiger partial charge in [0.2, 0.25) is 0 Å². The van der Waals surface area contributed by atoms with Crippen LogP contribution in [0.1, 0.15) is 71.1 Å². The lowest BCUT2D eigenvalue weighted by Gasteiger charge is -2.15. The van der Waals surface area contributed by atoms with Gasteiger partial charge in [-0.25, -0.2) is 0 Å². The third-order valence-corrected chi connectivity index (χ3v) is 4.71. The van der Waals surface area contributed by atoms with Crippen molar-refractivity contribution in [3.8, 4) is 0 Å². The minimum atomic E-state index is -0.391. The molecule has 1 saturated carbocycles. The maximum Gasteiger partial charge on any atom is 0.305 e. The smallest absolute Gasteiger partial charge is 0.305 e. The number of ether oxygens (including phenoxy) is 1. The van der Waals surface area contributed by atoms with E-state index in [0.29, 0.717) is 18.6 Å². The average Bonchev–Trinajstić information content (AvgIpc) is 2.89. The summed E-state index contributed by atoms with van der Waals surface area (Å²) in [5, 5.41) is 9.97. The van der Waals surface area contributed by atoms with Gasteiger partial charge in [-0.2, -0.15) is 0 Å². The molecule has 0 radical (unpaired) electrons. The molecular formula is C19H32O4. The van der Waals surface area contributed by atoms with Crippen LogP contribution in [-0.4, -0.2) is 30.1 Å². The molecule has 1 rings (SSSR count). The standard InChI is InChI=1S/C19H32O4/c1-3-4-5-8-16(20)13-11-15-12-14-18(21)17(15)9-6-7-10-19(22)23-2/h11,13,15-17,20H,3-10,12,14H2,1-2H3/b13-11+/t15-,16?,17-/m0/s1. The van der Waals surface area contributed by atoms with Crippen LogP contribution in [-0.2, 0) is 14.3 Å². The minimum absolute atomic E-state index is 0.0618. The predicted octanol–water partition coefficient (Wildman–Crippen LogP) is 3.81. The Kier molecular flexibility index (Phi) is 9.85. The molecule has 0 amide bonds. The summed E-state index contributed by atoms with van der Waals surface area (Å²) in [6, 6.07) is 0. The molecule has 23 heavy (non-hydrogen) atoms. The van der Waals surface area contributed by atoms with E-state index in [4.69, 9.17) is 0 Å². The van der Waals surface area contributed by atoms with E-state index in [0.717, 1.165) is 51.4 Å². The number of carbonyl (C=O) groups is 2. The number of hydrogen-bond donors (Lipinski definition) is 1. The molecule has 0 heterocycles. The Morgan fingerprint density at radius 2 is 2.13 bits per heavy atom. The second kappa shape index (κ2) is 11.4. The van der Waals surface area contributed by atoms with Gasteiger partial charge >= 0.3 is 5.97 Å². The van der Waals surface area contributed by atoms with Gasteiger partial charge in [-0.15, -0.1) is 0 Å². The van der Waals surface area contributed by atoms with Gasteiger partial charge in [-0.1, -0.05) is 44.8 Å². The summed E-state index contributed by atoms with van der Waals surface area (Å²) in [7, 11) is 1.40. The van der Waals surface area contributed by atoms with Crippen LogP contribution in [0.2, 0.25) is 0 Å². The first-order valence-corrected chi connectivity index (χ1v) is 9.04. The summed E-state index contributed by atoms with van der Waals surface area (Å²) in [5.41, 5.74) is 0. The van der Waals surface area contributed by atoms with Crippen molar-refractivity contribution >= 4 is 11.8 Å². The van der Waals surface area contributed by atoms with Crippen LogP contribution in [0.5, 0.6) is 0 Å². The van der Waals surface area contributed by atoms with E-state index < -0.39 is 6.10 Å². The lowest BCUT2D eigenvalue weighted by Crippen LogP contribution is -2.14. The predicted molar refractivity (Wildman–Crippen MR) is 91.0 cm³/mol. The van der Waals surface area contributed by atoms with Crippen molar-refractivity contribution in [2.24, 2.45) is 11.8 Å². The molecule has 3 atom stereocenters. The monoisotopic (exact) mass is 324 g/mol. The van der Waals surface area contributed by atoms with Crippen LogP contribution in [0.3, 0.4) is 0 Å². The van der Waals surface area contributed by atoms with Crippen LogP contribution in [0.25, 0.3) is 0 Å². The Balaban J connectivity index is 2.35. The second-order valence-electron chi connectivity index (χ2n) is 6.55. The molecular weight excluding hydrogens is 292 g/mol. The number of carbonyl (C=O) groups excluding carboxylic acids is 2. The van der Waals surface area contributed by atoms with Gasteiger partial charge in [0.15, 0.2) is 0 Å². The highest BCUT2D eigenvalue weighted by Crippen LogP contribution is 2.33. The number of unbranched alkanes of at least 4 members (excludes halogenated alkanes) is 3. The number of aliphatic hydroxyl groups is 1.